The van der Waals surface area contributed by atoms with Crippen LogP contribution in [0.4, 0.5) is 0 Å². The summed E-state index contributed by atoms with van der Waals surface area (Å²) in [6.45, 7) is 1.54. The molecule has 0 aliphatic heterocycles. The number of benzene rings is 1. The van der Waals surface area contributed by atoms with Crippen LogP contribution in [0.25, 0.3) is 0 Å². The van der Waals surface area contributed by atoms with Gasteiger partial charge in [-0.15, -0.1) is 0 Å². The Hall–Kier alpha value is -2.54. The Morgan fingerprint density at radius 2 is 2.14 bits per heavy atom. The van der Waals surface area contributed by atoms with Gasteiger partial charge in [0.05, 0.1) is 13.7 Å². The van der Waals surface area contributed by atoms with E-state index in [0.717, 1.165) is 5.56 Å². The fraction of sp³-hybridized carbons (Fsp3) is 0.333. The molecule has 0 fully saturated rings. The molecule has 7 nitrogen and oxygen atoms in total. The van der Waals surface area contributed by atoms with Gasteiger partial charge in [-0.2, -0.15) is 0 Å². The molecule has 2 aromatic rings. The first-order valence-corrected chi connectivity index (χ1v) is 6.81. The molecule has 0 saturated carbocycles. The number of amides is 1. The molecule has 1 amide bonds. The van der Waals surface area contributed by atoms with Gasteiger partial charge >= 0.3 is 0 Å². The highest BCUT2D eigenvalue weighted by Crippen LogP contribution is 2.31. The Bertz CT molecular complexity index is 733. The molecule has 1 aromatic heterocycles. The van der Waals surface area contributed by atoms with Crippen molar-refractivity contribution in [1.29, 1.82) is 0 Å². The maximum atomic E-state index is 12.0. The molecule has 0 saturated heterocycles. The molecule has 1 unspecified atom stereocenters. The molecule has 1 atom stereocenters. The van der Waals surface area contributed by atoms with Crippen molar-refractivity contribution in [2.75, 3.05) is 7.11 Å². The van der Waals surface area contributed by atoms with Crippen molar-refractivity contribution in [1.82, 2.24) is 10.2 Å². The summed E-state index contributed by atoms with van der Waals surface area (Å²) in [5, 5.41) is 14.7. The number of aryl methyl sites for hydroxylation is 1. The average molecular weight is 305 g/mol. The van der Waals surface area contributed by atoms with Crippen molar-refractivity contribution in [2.45, 2.75) is 25.9 Å². The minimum Gasteiger partial charge on any atom is -0.496 e. The van der Waals surface area contributed by atoms with Crippen LogP contribution in [-0.4, -0.2) is 28.3 Å². The molecule has 1 aromatic carbocycles. The molecule has 0 aliphatic rings. The number of hydrogen-bond acceptors (Lipinski definition) is 4. The number of rotatable bonds is 6. The summed E-state index contributed by atoms with van der Waals surface area (Å²) in [7, 11) is 1.51. The fourth-order valence-corrected chi connectivity index (χ4v) is 2.60. The van der Waals surface area contributed by atoms with Crippen molar-refractivity contribution < 1.29 is 14.6 Å². The second-order valence-electron chi connectivity index (χ2n) is 5.07. The van der Waals surface area contributed by atoms with Gasteiger partial charge in [0.2, 0.25) is 5.91 Å². The minimum atomic E-state index is -0.508. The molecule has 0 bridgehead atoms. The van der Waals surface area contributed by atoms with E-state index in [0.29, 0.717) is 22.6 Å². The van der Waals surface area contributed by atoms with Crippen LogP contribution in [0, 0.1) is 6.92 Å². The number of aliphatic hydroxyl groups is 1. The monoisotopic (exact) mass is 305 g/mol. The Morgan fingerprint density at radius 1 is 1.41 bits per heavy atom. The molecule has 2 rings (SSSR count). The van der Waals surface area contributed by atoms with E-state index < -0.39 is 11.8 Å². The summed E-state index contributed by atoms with van der Waals surface area (Å²) in [4.78, 5) is 23.4. The van der Waals surface area contributed by atoms with E-state index in [1.165, 1.54) is 7.11 Å². The highest BCUT2D eigenvalue weighted by Gasteiger charge is 2.24. The Kier molecular flexibility index (Phi) is 4.67. The number of aromatic amines is 2. The predicted octanol–water partition coefficient (Wildman–Crippen LogP) is 0.520. The van der Waals surface area contributed by atoms with Gasteiger partial charge in [0.1, 0.15) is 5.75 Å². The summed E-state index contributed by atoms with van der Waals surface area (Å²) in [5.74, 6) is -0.446. The van der Waals surface area contributed by atoms with Gasteiger partial charge in [-0.1, -0.05) is 6.07 Å². The van der Waals surface area contributed by atoms with Gasteiger partial charge in [0.15, 0.2) is 0 Å². The van der Waals surface area contributed by atoms with Crippen molar-refractivity contribution in [2.24, 2.45) is 5.73 Å². The quantitative estimate of drug-likeness (QED) is 0.621. The lowest BCUT2D eigenvalue weighted by Gasteiger charge is -2.17. The van der Waals surface area contributed by atoms with Crippen LogP contribution < -0.4 is 16.0 Å². The third-order valence-corrected chi connectivity index (χ3v) is 3.64. The second-order valence-corrected chi connectivity index (χ2v) is 5.07. The zero-order valence-electron chi connectivity index (χ0n) is 12.5. The summed E-state index contributed by atoms with van der Waals surface area (Å²) in [5.41, 5.74) is 7.46. The lowest BCUT2D eigenvalue weighted by Crippen LogP contribution is -2.20. The maximum absolute atomic E-state index is 12.0. The van der Waals surface area contributed by atoms with Gasteiger partial charge in [-0.3, -0.25) is 14.7 Å². The van der Waals surface area contributed by atoms with Crippen LogP contribution in [0.15, 0.2) is 23.0 Å². The van der Waals surface area contributed by atoms with Crippen LogP contribution in [-0.2, 0) is 11.4 Å². The summed E-state index contributed by atoms with van der Waals surface area (Å²) < 4.78 is 5.16. The number of carbonyl (C=O) groups excluding carboxylic acids is 1. The number of nitrogens with two attached hydrogens (primary N) is 1. The third-order valence-electron chi connectivity index (χ3n) is 3.64. The highest BCUT2D eigenvalue weighted by atomic mass is 16.5. The first-order valence-electron chi connectivity index (χ1n) is 6.81. The molecular formula is C15H19N3O4. The van der Waals surface area contributed by atoms with Gasteiger partial charge in [0.25, 0.3) is 5.56 Å². The molecule has 7 heteroatoms. The molecule has 1 heterocycles. The first kappa shape index (κ1) is 15.8. The van der Waals surface area contributed by atoms with Crippen molar-refractivity contribution >= 4 is 5.91 Å². The number of primary amides is 1. The topological polar surface area (TPSA) is 121 Å². The second kappa shape index (κ2) is 6.48. The van der Waals surface area contributed by atoms with E-state index in [9.17, 15) is 14.7 Å². The predicted molar refractivity (Wildman–Crippen MR) is 80.7 cm³/mol. The Morgan fingerprint density at radius 3 is 2.64 bits per heavy atom. The van der Waals surface area contributed by atoms with E-state index in [2.05, 4.69) is 10.2 Å². The normalized spacial score (nSPS) is 12.1. The standard InChI is InChI=1S/C15H19N3O4/c1-8-14(15(21)18-17-8)11(6-13(16)20)9-3-4-12(22-2)10(5-9)7-19/h3-5,11,19H,6-7H2,1-2H3,(H2,16,20)(H2,17,18,21). The van der Waals surface area contributed by atoms with Gasteiger partial charge < -0.3 is 20.7 Å². The Balaban J connectivity index is 2.55. The molecule has 22 heavy (non-hydrogen) atoms. The zero-order chi connectivity index (χ0) is 16.3. The molecule has 5 N–H and O–H groups in total. The molecule has 0 radical (unpaired) electrons. The lowest BCUT2D eigenvalue weighted by atomic mass is 9.87. The fourth-order valence-electron chi connectivity index (χ4n) is 2.60. The van der Waals surface area contributed by atoms with E-state index in [4.69, 9.17) is 10.5 Å². The number of H-pyrrole nitrogens is 2. The molecule has 118 valence electrons. The number of aliphatic hydroxyl groups excluding tert-OH is 1. The lowest BCUT2D eigenvalue weighted by molar-refractivity contribution is -0.118. The van der Waals surface area contributed by atoms with Crippen LogP contribution in [0.2, 0.25) is 0 Å². The van der Waals surface area contributed by atoms with Gasteiger partial charge in [-0.05, 0) is 24.6 Å². The van der Waals surface area contributed by atoms with Crippen LogP contribution in [0.1, 0.15) is 34.7 Å². The van der Waals surface area contributed by atoms with Crippen LogP contribution in [0.3, 0.4) is 0 Å². The first-order chi connectivity index (χ1) is 10.5. The van der Waals surface area contributed by atoms with E-state index >= 15 is 0 Å². The van der Waals surface area contributed by atoms with Crippen LogP contribution in [0.5, 0.6) is 5.75 Å². The summed E-state index contributed by atoms with van der Waals surface area (Å²) in [6, 6.07) is 5.18. The number of aromatic nitrogens is 2. The number of nitrogens with one attached hydrogen (secondary N) is 2. The molecule has 0 spiro atoms. The SMILES string of the molecule is COc1ccc(C(CC(N)=O)c2c(C)[nH][nH]c2=O)cc1CO. The van der Waals surface area contributed by atoms with Crippen molar-refractivity contribution in [3.8, 4) is 5.75 Å². The number of hydrogen-bond donors (Lipinski definition) is 4. The van der Waals surface area contributed by atoms with E-state index in [1.807, 2.05) is 0 Å². The minimum absolute atomic E-state index is 0.00102. The smallest absolute Gasteiger partial charge is 0.267 e. The summed E-state index contributed by atoms with van der Waals surface area (Å²) in [6.07, 6.45) is -0.00102. The summed E-state index contributed by atoms with van der Waals surface area (Å²) >= 11 is 0. The third kappa shape index (κ3) is 3.04. The van der Waals surface area contributed by atoms with E-state index in [1.54, 1.807) is 25.1 Å². The number of carbonyl (C=O) groups is 1. The van der Waals surface area contributed by atoms with Gasteiger partial charge in [-0.25, -0.2) is 0 Å². The Labute approximate surface area is 127 Å². The van der Waals surface area contributed by atoms with Crippen LogP contribution >= 0.6 is 0 Å². The molecule has 0 aliphatic carbocycles. The highest BCUT2D eigenvalue weighted by molar-refractivity contribution is 5.75. The zero-order valence-corrected chi connectivity index (χ0v) is 12.5. The van der Waals surface area contributed by atoms with Crippen molar-refractivity contribution in [3.63, 3.8) is 0 Å². The van der Waals surface area contributed by atoms with Gasteiger partial charge in [0, 0.05) is 29.2 Å². The maximum Gasteiger partial charge on any atom is 0.267 e. The number of methoxy groups -OCH3 is 1. The largest absolute Gasteiger partial charge is 0.496 e. The van der Waals surface area contributed by atoms with E-state index in [-0.39, 0.29) is 18.6 Å². The average Bonchev–Trinajstić information content (AvgIpc) is 2.83. The van der Waals surface area contributed by atoms with Crippen molar-refractivity contribution in [3.05, 3.63) is 50.9 Å². The number of ether oxygens (including phenoxy) is 1. The molecular weight excluding hydrogens is 286 g/mol.